The van der Waals surface area contributed by atoms with Crippen molar-refractivity contribution in [3.8, 4) is 5.75 Å². The molecular formula is C29H34O6. The number of aliphatic carboxylic acids is 1. The number of ether oxygens (including phenoxy) is 2. The van der Waals surface area contributed by atoms with Crippen molar-refractivity contribution in [2.75, 3.05) is 7.11 Å². The van der Waals surface area contributed by atoms with Gasteiger partial charge >= 0.3 is 5.97 Å². The standard InChI is InChI=1S/C29H34O6/c1-34-22-12-8-19(9-13-22)18-35-27-15-11-20-16-21(10-14-23(20)27)29-24(25(30)17-26(29)31)6-4-2-3-5-7-28(32)33/h2,4,8-10,12-14,16,24,26-27,29,31H,3,5-7,11,15,17-18H2,1H3,(H,32,33)/t24-,26+,27?,29+/m0/s1. The molecule has 2 N–H and O–H groups in total. The summed E-state index contributed by atoms with van der Waals surface area (Å²) in [4.78, 5) is 23.3. The Morgan fingerprint density at radius 2 is 1.94 bits per heavy atom. The molecule has 0 amide bonds. The Balaban J connectivity index is 1.39. The average molecular weight is 479 g/mol. The maximum absolute atomic E-state index is 12.6. The van der Waals surface area contributed by atoms with Crippen LogP contribution in [0.1, 0.15) is 72.8 Å². The van der Waals surface area contributed by atoms with E-state index in [4.69, 9.17) is 14.6 Å². The minimum absolute atomic E-state index is 0.0424. The van der Waals surface area contributed by atoms with E-state index in [9.17, 15) is 14.7 Å². The topological polar surface area (TPSA) is 93.1 Å². The van der Waals surface area contributed by atoms with Crippen molar-refractivity contribution < 1.29 is 29.3 Å². The van der Waals surface area contributed by atoms with Crippen LogP contribution in [0.15, 0.2) is 54.6 Å². The van der Waals surface area contributed by atoms with Gasteiger partial charge in [0.25, 0.3) is 0 Å². The Labute approximate surface area is 206 Å². The van der Waals surface area contributed by atoms with Crippen LogP contribution in [0.2, 0.25) is 0 Å². The van der Waals surface area contributed by atoms with Crippen LogP contribution in [0.4, 0.5) is 0 Å². The molecule has 35 heavy (non-hydrogen) atoms. The summed E-state index contributed by atoms with van der Waals surface area (Å²) in [6.07, 6.45) is 7.29. The smallest absolute Gasteiger partial charge is 0.303 e. The highest BCUT2D eigenvalue weighted by atomic mass is 16.5. The number of carboxylic acids is 1. The van der Waals surface area contributed by atoms with Gasteiger partial charge in [-0.3, -0.25) is 9.59 Å². The zero-order valence-electron chi connectivity index (χ0n) is 20.2. The highest BCUT2D eigenvalue weighted by molar-refractivity contribution is 5.85. The fourth-order valence-electron chi connectivity index (χ4n) is 5.31. The number of fused-ring (bicyclic) bond motifs is 1. The third-order valence-electron chi connectivity index (χ3n) is 7.17. The van der Waals surface area contributed by atoms with Gasteiger partial charge in [-0.05, 0) is 66.5 Å². The van der Waals surface area contributed by atoms with Crippen LogP contribution in [0.25, 0.3) is 0 Å². The molecule has 0 aliphatic heterocycles. The van der Waals surface area contributed by atoms with E-state index in [1.807, 2.05) is 42.5 Å². The molecule has 0 aromatic heterocycles. The molecule has 0 bridgehead atoms. The largest absolute Gasteiger partial charge is 0.497 e. The molecule has 2 aliphatic carbocycles. The lowest BCUT2D eigenvalue weighted by atomic mass is 9.84. The van der Waals surface area contributed by atoms with Crippen LogP contribution < -0.4 is 4.74 Å². The van der Waals surface area contributed by atoms with E-state index in [1.54, 1.807) is 7.11 Å². The third-order valence-corrected chi connectivity index (χ3v) is 7.17. The summed E-state index contributed by atoms with van der Waals surface area (Å²) in [5.41, 5.74) is 4.54. The number of aliphatic hydroxyl groups excluding tert-OH is 1. The van der Waals surface area contributed by atoms with Crippen LogP contribution >= 0.6 is 0 Å². The number of rotatable bonds is 11. The van der Waals surface area contributed by atoms with Crippen LogP contribution in [0, 0.1) is 5.92 Å². The molecule has 2 aromatic carbocycles. The molecule has 1 saturated carbocycles. The number of ketones is 1. The number of carbonyl (C=O) groups excluding carboxylic acids is 1. The van der Waals surface area contributed by atoms with E-state index in [0.29, 0.717) is 25.9 Å². The molecule has 0 spiro atoms. The Morgan fingerprint density at radius 3 is 2.69 bits per heavy atom. The maximum atomic E-state index is 12.6. The highest BCUT2D eigenvalue weighted by Gasteiger charge is 2.42. The van der Waals surface area contributed by atoms with E-state index < -0.39 is 12.1 Å². The number of hydrogen-bond donors (Lipinski definition) is 2. The minimum atomic E-state index is -0.794. The second-order valence-corrected chi connectivity index (χ2v) is 9.51. The lowest BCUT2D eigenvalue weighted by Gasteiger charge is -2.22. The van der Waals surface area contributed by atoms with E-state index in [0.717, 1.165) is 29.7 Å². The Morgan fingerprint density at radius 1 is 1.14 bits per heavy atom. The molecule has 6 nitrogen and oxygen atoms in total. The van der Waals surface area contributed by atoms with E-state index in [1.165, 1.54) is 11.1 Å². The number of carbonyl (C=O) groups is 2. The first kappa shape index (κ1) is 25.1. The monoisotopic (exact) mass is 478 g/mol. The summed E-state index contributed by atoms with van der Waals surface area (Å²) >= 11 is 0. The summed E-state index contributed by atoms with van der Waals surface area (Å²) in [7, 11) is 1.65. The molecule has 6 heteroatoms. The normalized spacial score (nSPS) is 23.7. The van der Waals surface area contributed by atoms with Gasteiger partial charge in [-0.15, -0.1) is 0 Å². The van der Waals surface area contributed by atoms with Crippen molar-refractivity contribution in [3.05, 3.63) is 76.9 Å². The number of aryl methyl sites for hydroxylation is 1. The highest BCUT2D eigenvalue weighted by Crippen LogP contribution is 2.43. The van der Waals surface area contributed by atoms with E-state index >= 15 is 0 Å². The Kier molecular flexibility index (Phi) is 8.37. The fourth-order valence-corrected chi connectivity index (χ4v) is 5.31. The number of methoxy groups -OCH3 is 1. The molecule has 2 aromatic rings. The molecule has 1 unspecified atom stereocenters. The number of aliphatic hydroxyl groups is 1. The van der Waals surface area contributed by atoms with Crippen LogP contribution in [-0.2, 0) is 27.4 Å². The molecule has 0 heterocycles. The first-order valence-electron chi connectivity index (χ1n) is 12.4. The van der Waals surface area contributed by atoms with Gasteiger partial charge in [0.2, 0.25) is 0 Å². The van der Waals surface area contributed by atoms with Gasteiger partial charge in [0.15, 0.2) is 0 Å². The van der Waals surface area contributed by atoms with Crippen molar-refractivity contribution in [1.82, 2.24) is 0 Å². The summed E-state index contributed by atoms with van der Waals surface area (Å²) < 4.78 is 11.4. The third kappa shape index (κ3) is 6.19. The molecular weight excluding hydrogens is 444 g/mol. The summed E-state index contributed by atoms with van der Waals surface area (Å²) in [6, 6.07) is 14.2. The van der Waals surface area contributed by atoms with Gasteiger partial charge in [0, 0.05) is 24.7 Å². The SMILES string of the molecule is COc1ccc(COC2CCc3cc([C@H]4[C@H](O)CC(=O)[C@@H]4CC=CCCCC(=O)O)ccc32)cc1. The summed E-state index contributed by atoms with van der Waals surface area (Å²) in [6.45, 7) is 0.534. The minimum Gasteiger partial charge on any atom is -0.497 e. The van der Waals surface area contributed by atoms with E-state index in [-0.39, 0.29) is 36.6 Å². The van der Waals surface area contributed by atoms with Crippen molar-refractivity contribution in [1.29, 1.82) is 0 Å². The number of hydrogen-bond acceptors (Lipinski definition) is 5. The summed E-state index contributed by atoms with van der Waals surface area (Å²) in [5.74, 6) is -0.332. The second-order valence-electron chi connectivity index (χ2n) is 9.51. The fraction of sp³-hybridized carbons (Fsp3) is 0.448. The molecule has 1 fully saturated rings. The lowest BCUT2D eigenvalue weighted by molar-refractivity contribution is -0.137. The number of unbranched alkanes of at least 4 members (excludes halogenated alkanes) is 1. The van der Waals surface area contributed by atoms with Gasteiger partial charge in [-0.2, -0.15) is 0 Å². The number of carboxylic acid groups (broad SMARTS) is 1. The quantitative estimate of drug-likeness (QED) is 0.343. The zero-order valence-corrected chi connectivity index (χ0v) is 20.2. The molecule has 0 saturated heterocycles. The first-order chi connectivity index (χ1) is 17.0. The molecule has 4 rings (SSSR count). The van der Waals surface area contributed by atoms with Crippen LogP contribution in [0.5, 0.6) is 5.75 Å². The van der Waals surface area contributed by atoms with Crippen molar-refractivity contribution in [2.24, 2.45) is 5.92 Å². The lowest BCUT2D eigenvalue weighted by Crippen LogP contribution is -2.18. The Bertz CT molecular complexity index is 1060. The van der Waals surface area contributed by atoms with Gasteiger partial charge in [-0.25, -0.2) is 0 Å². The molecule has 4 atom stereocenters. The molecule has 0 radical (unpaired) electrons. The average Bonchev–Trinajstić information content (AvgIpc) is 3.38. The predicted molar refractivity (Wildman–Crippen MR) is 132 cm³/mol. The number of Topliss-reactive ketones (excluding diaryl/α,β-unsaturated/α-hetero) is 1. The van der Waals surface area contributed by atoms with Gasteiger partial charge in [0.1, 0.15) is 11.5 Å². The Hall–Kier alpha value is -2.96. The van der Waals surface area contributed by atoms with Gasteiger partial charge in [-0.1, -0.05) is 42.5 Å². The van der Waals surface area contributed by atoms with Crippen LogP contribution in [-0.4, -0.2) is 35.2 Å². The first-order valence-corrected chi connectivity index (χ1v) is 12.4. The predicted octanol–water partition coefficient (Wildman–Crippen LogP) is 5.13. The zero-order chi connectivity index (χ0) is 24.8. The molecule has 2 aliphatic rings. The van der Waals surface area contributed by atoms with Crippen molar-refractivity contribution in [2.45, 2.75) is 69.7 Å². The van der Waals surface area contributed by atoms with Crippen LogP contribution in [0.3, 0.4) is 0 Å². The van der Waals surface area contributed by atoms with E-state index in [2.05, 4.69) is 12.1 Å². The number of allylic oxidation sites excluding steroid dienone is 2. The van der Waals surface area contributed by atoms with Gasteiger partial charge < -0.3 is 19.7 Å². The van der Waals surface area contributed by atoms with Crippen molar-refractivity contribution in [3.63, 3.8) is 0 Å². The maximum Gasteiger partial charge on any atom is 0.303 e. The van der Waals surface area contributed by atoms with Gasteiger partial charge in [0.05, 0.1) is 25.9 Å². The second kappa shape index (κ2) is 11.6. The molecule has 186 valence electrons. The number of benzene rings is 2. The summed E-state index contributed by atoms with van der Waals surface area (Å²) in [5, 5.41) is 19.4. The van der Waals surface area contributed by atoms with Crippen molar-refractivity contribution >= 4 is 11.8 Å².